The summed E-state index contributed by atoms with van der Waals surface area (Å²) in [6, 6.07) is 2.72. The molecule has 4 nitrogen and oxygen atoms in total. The van der Waals surface area contributed by atoms with Crippen molar-refractivity contribution in [2.24, 2.45) is 0 Å². The SMILES string of the molecule is C=CCNC(=O)c1ccc(COc2c(F)c(F)cc(F)c2F)o1. The van der Waals surface area contributed by atoms with Gasteiger partial charge in [0.1, 0.15) is 12.4 Å². The minimum absolute atomic E-state index is 0.0391. The zero-order chi connectivity index (χ0) is 17.0. The lowest BCUT2D eigenvalue weighted by molar-refractivity contribution is 0.0926. The molecule has 2 aromatic rings. The van der Waals surface area contributed by atoms with Crippen molar-refractivity contribution in [3.63, 3.8) is 0 Å². The summed E-state index contributed by atoms with van der Waals surface area (Å²) < 4.78 is 62.7. The number of nitrogens with one attached hydrogen (secondary N) is 1. The van der Waals surface area contributed by atoms with Crippen molar-refractivity contribution in [3.05, 3.63) is 65.6 Å². The highest BCUT2D eigenvalue weighted by atomic mass is 19.2. The molecule has 1 N–H and O–H groups in total. The van der Waals surface area contributed by atoms with Gasteiger partial charge in [-0.05, 0) is 12.1 Å². The van der Waals surface area contributed by atoms with Crippen molar-refractivity contribution >= 4 is 5.91 Å². The lowest BCUT2D eigenvalue weighted by Crippen LogP contribution is -2.22. The minimum Gasteiger partial charge on any atom is -0.479 e. The second-order valence-corrected chi connectivity index (χ2v) is 4.35. The van der Waals surface area contributed by atoms with Gasteiger partial charge in [-0.2, -0.15) is 8.78 Å². The van der Waals surface area contributed by atoms with Crippen molar-refractivity contribution in [2.75, 3.05) is 6.54 Å². The predicted octanol–water partition coefficient (Wildman–Crippen LogP) is 3.33. The molecule has 0 unspecified atom stereocenters. The molecule has 1 aromatic heterocycles. The first kappa shape index (κ1) is 16.6. The molecule has 122 valence electrons. The number of halogens is 4. The number of furan rings is 1. The van der Waals surface area contributed by atoms with Crippen LogP contribution in [0, 0.1) is 23.3 Å². The zero-order valence-corrected chi connectivity index (χ0v) is 11.7. The standard InChI is InChI=1S/C15H11F4NO3/c1-2-5-20-15(21)11-4-3-8(23-11)7-22-14-12(18)9(16)6-10(17)13(14)19/h2-4,6H,1,5,7H2,(H,20,21). The smallest absolute Gasteiger partial charge is 0.287 e. The summed E-state index contributed by atoms with van der Waals surface area (Å²) in [6.45, 7) is 3.13. The van der Waals surface area contributed by atoms with Crippen LogP contribution < -0.4 is 10.1 Å². The van der Waals surface area contributed by atoms with E-state index in [1.807, 2.05) is 0 Å². The van der Waals surface area contributed by atoms with Gasteiger partial charge in [-0.1, -0.05) is 6.08 Å². The van der Waals surface area contributed by atoms with Gasteiger partial charge >= 0.3 is 0 Å². The Labute approximate surface area is 128 Å². The van der Waals surface area contributed by atoms with E-state index in [0.29, 0.717) is 0 Å². The fourth-order valence-electron chi connectivity index (χ4n) is 1.65. The van der Waals surface area contributed by atoms with Gasteiger partial charge < -0.3 is 14.5 Å². The molecule has 0 atom stereocenters. The van der Waals surface area contributed by atoms with Crippen LogP contribution in [0.25, 0.3) is 0 Å². The Balaban J connectivity index is 2.09. The number of carbonyl (C=O) groups excluding carboxylic acids is 1. The van der Waals surface area contributed by atoms with E-state index >= 15 is 0 Å². The third kappa shape index (κ3) is 3.71. The van der Waals surface area contributed by atoms with Gasteiger partial charge in [-0.25, -0.2) is 8.78 Å². The minimum atomic E-state index is -1.65. The third-order valence-electron chi connectivity index (χ3n) is 2.72. The highest BCUT2D eigenvalue weighted by Crippen LogP contribution is 2.27. The van der Waals surface area contributed by atoms with Gasteiger partial charge in [0.05, 0.1) is 0 Å². The summed E-state index contributed by atoms with van der Waals surface area (Å²) in [5, 5.41) is 2.46. The molecule has 2 rings (SSSR count). The van der Waals surface area contributed by atoms with Gasteiger partial charge in [-0.15, -0.1) is 6.58 Å². The van der Waals surface area contributed by atoms with Gasteiger partial charge in [0.25, 0.3) is 5.91 Å². The molecule has 0 spiro atoms. The number of hydrogen-bond acceptors (Lipinski definition) is 3. The molecule has 8 heteroatoms. The Bertz CT molecular complexity index is 716. The molecule has 1 amide bonds. The molecule has 0 bridgehead atoms. The summed E-state index contributed by atoms with van der Waals surface area (Å²) in [5.41, 5.74) is 0. The monoisotopic (exact) mass is 329 g/mol. The van der Waals surface area contributed by atoms with Crippen LogP contribution in [0.2, 0.25) is 0 Å². The first-order valence-electron chi connectivity index (χ1n) is 6.37. The Morgan fingerprint density at radius 1 is 1.22 bits per heavy atom. The molecule has 1 aromatic carbocycles. The van der Waals surface area contributed by atoms with E-state index in [0.717, 1.165) is 0 Å². The van der Waals surface area contributed by atoms with Crippen LogP contribution in [-0.4, -0.2) is 12.5 Å². The largest absolute Gasteiger partial charge is 0.479 e. The molecular weight excluding hydrogens is 318 g/mol. The number of hydrogen-bond donors (Lipinski definition) is 1. The van der Waals surface area contributed by atoms with E-state index in [-0.39, 0.29) is 24.1 Å². The fraction of sp³-hybridized carbons (Fsp3) is 0.133. The Morgan fingerprint density at radius 3 is 2.48 bits per heavy atom. The Kier molecular flexibility index (Phi) is 5.05. The van der Waals surface area contributed by atoms with E-state index in [1.165, 1.54) is 18.2 Å². The van der Waals surface area contributed by atoms with E-state index < -0.39 is 41.5 Å². The van der Waals surface area contributed by atoms with Crippen molar-refractivity contribution in [1.82, 2.24) is 5.32 Å². The maximum Gasteiger partial charge on any atom is 0.287 e. The molecule has 0 saturated carbocycles. The van der Waals surface area contributed by atoms with Gasteiger partial charge in [0.15, 0.2) is 23.1 Å². The van der Waals surface area contributed by atoms with E-state index in [2.05, 4.69) is 11.9 Å². The maximum atomic E-state index is 13.4. The molecule has 0 radical (unpaired) electrons. The summed E-state index contributed by atoms with van der Waals surface area (Å²) in [7, 11) is 0. The molecule has 0 aliphatic heterocycles. The van der Waals surface area contributed by atoms with Crippen LogP contribution in [0.5, 0.6) is 5.75 Å². The van der Waals surface area contributed by atoms with Crippen LogP contribution in [0.4, 0.5) is 17.6 Å². The highest BCUT2D eigenvalue weighted by molar-refractivity contribution is 5.91. The molecular formula is C15H11F4NO3. The number of amides is 1. The molecule has 0 aliphatic rings. The first-order valence-corrected chi connectivity index (χ1v) is 6.37. The van der Waals surface area contributed by atoms with Crippen molar-refractivity contribution in [1.29, 1.82) is 0 Å². The van der Waals surface area contributed by atoms with Crippen molar-refractivity contribution in [2.45, 2.75) is 6.61 Å². The second kappa shape index (κ2) is 6.99. The molecule has 0 aliphatic carbocycles. The van der Waals surface area contributed by atoms with Crippen molar-refractivity contribution in [3.8, 4) is 5.75 Å². The number of carbonyl (C=O) groups is 1. The van der Waals surface area contributed by atoms with Crippen LogP contribution in [0.3, 0.4) is 0 Å². The van der Waals surface area contributed by atoms with E-state index in [1.54, 1.807) is 0 Å². The van der Waals surface area contributed by atoms with Gasteiger partial charge in [0.2, 0.25) is 11.6 Å². The van der Waals surface area contributed by atoms with Crippen LogP contribution >= 0.6 is 0 Å². The number of ether oxygens (including phenoxy) is 1. The first-order chi connectivity index (χ1) is 10.9. The number of rotatable bonds is 6. The van der Waals surface area contributed by atoms with Crippen molar-refractivity contribution < 1.29 is 31.5 Å². The van der Waals surface area contributed by atoms with E-state index in [9.17, 15) is 22.4 Å². The normalized spacial score (nSPS) is 10.4. The third-order valence-corrected chi connectivity index (χ3v) is 2.72. The topological polar surface area (TPSA) is 51.5 Å². The highest BCUT2D eigenvalue weighted by Gasteiger charge is 2.21. The number of benzene rings is 1. The molecule has 0 fully saturated rings. The van der Waals surface area contributed by atoms with Crippen LogP contribution in [-0.2, 0) is 6.61 Å². The molecule has 0 saturated heterocycles. The lowest BCUT2D eigenvalue weighted by Gasteiger charge is -2.08. The predicted molar refractivity (Wildman–Crippen MR) is 71.8 cm³/mol. The average molecular weight is 329 g/mol. The van der Waals surface area contributed by atoms with E-state index in [4.69, 9.17) is 9.15 Å². The van der Waals surface area contributed by atoms with Gasteiger partial charge in [-0.3, -0.25) is 4.79 Å². The van der Waals surface area contributed by atoms with Gasteiger partial charge in [0, 0.05) is 12.6 Å². The quantitative estimate of drug-likeness (QED) is 0.502. The second-order valence-electron chi connectivity index (χ2n) is 4.35. The summed E-state index contributed by atoms with van der Waals surface area (Å²) in [4.78, 5) is 11.6. The lowest BCUT2D eigenvalue weighted by atomic mass is 10.3. The van der Waals surface area contributed by atoms with Crippen LogP contribution in [0.15, 0.2) is 35.3 Å². The summed E-state index contributed by atoms with van der Waals surface area (Å²) >= 11 is 0. The summed E-state index contributed by atoms with van der Waals surface area (Å²) in [5.74, 6) is -8.21. The fourth-order valence-corrected chi connectivity index (χ4v) is 1.65. The maximum absolute atomic E-state index is 13.4. The average Bonchev–Trinajstić information content (AvgIpc) is 2.99. The zero-order valence-electron chi connectivity index (χ0n) is 11.7. The molecule has 1 heterocycles. The Morgan fingerprint density at radius 2 is 1.87 bits per heavy atom. The molecule has 23 heavy (non-hydrogen) atoms. The van der Waals surface area contributed by atoms with Crippen LogP contribution in [0.1, 0.15) is 16.3 Å². The summed E-state index contributed by atoms with van der Waals surface area (Å²) in [6.07, 6.45) is 1.47. The Hall–Kier alpha value is -2.77.